The van der Waals surface area contributed by atoms with Gasteiger partial charge in [0.15, 0.2) is 0 Å². The number of nitrogens with one attached hydrogen (secondary N) is 1. The topological polar surface area (TPSA) is 15.3 Å². The molecule has 0 spiro atoms. The summed E-state index contributed by atoms with van der Waals surface area (Å²) >= 11 is 0. The van der Waals surface area contributed by atoms with E-state index in [0.717, 1.165) is 12.0 Å². The highest BCUT2D eigenvalue weighted by Crippen LogP contribution is 2.21. The fourth-order valence-corrected chi connectivity index (χ4v) is 3.32. The largest absolute Gasteiger partial charge is 0.314 e. The fourth-order valence-electron chi connectivity index (χ4n) is 3.32. The molecule has 2 heteroatoms. The Morgan fingerprint density at radius 1 is 1.25 bits per heavy atom. The van der Waals surface area contributed by atoms with E-state index in [2.05, 4.69) is 17.1 Å². The van der Waals surface area contributed by atoms with E-state index in [4.69, 9.17) is 0 Å². The minimum atomic E-state index is 0.842. The molecule has 2 unspecified atom stereocenters. The molecule has 0 amide bonds. The third-order valence-electron chi connectivity index (χ3n) is 4.26. The molecule has 1 N–H and O–H groups in total. The number of rotatable bonds is 6. The Kier molecular flexibility index (Phi) is 5.11. The van der Waals surface area contributed by atoms with E-state index < -0.39 is 0 Å². The van der Waals surface area contributed by atoms with Gasteiger partial charge in [0.1, 0.15) is 0 Å². The van der Waals surface area contributed by atoms with Gasteiger partial charge in [-0.15, -0.1) is 0 Å². The van der Waals surface area contributed by atoms with Gasteiger partial charge in [0, 0.05) is 12.6 Å². The standard InChI is InChI=1S/C14H28N2/c1-2-5-13-8-11-16(12-13)10-4-7-14-6-3-9-15-14/h13-15H,2-12H2,1H3. The van der Waals surface area contributed by atoms with Crippen molar-refractivity contribution in [2.75, 3.05) is 26.2 Å². The van der Waals surface area contributed by atoms with Gasteiger partial charge in [0.05, 0.1) is 0 Å². The third-order valence-corrected chi connectivity index (χ3v) is 4.26. The summed E-state index contributed by atoms with van der Waals surface area (Å²) in [6, 6.07) is 0.842. The van der Waals surface area contributed by atoms with Crippen LogP contribution in [0.25, 0.3) is 0 Å². The molecular weight excluding hydrogens is 196 g/mol. The van der Waals surface area contributed by atoms with Crippen LogP contribution in [0, 0.1) is 5.92 Å². The van der Waals surface area contributed by atoms with E-state index >= 15 is 0 Å². The maximum Gasteiger partial charge on any atom is 0.00680 e. The second kappa shape index (κ2) is 6.61. The normalized spacial score (nSPS) is 31.3. The summed E-state index contributed by atoms with van der Waals surface area (Å²) in [5.74, 6) is 1.01. The summed E-state index contributed by atoms with van der Waals surface area (Å²) in [5, 5.41) is 3.59. The highest BCUT2D eigenvalue weighted by Gasteiger charge is 2.21. The van der Waals surface area contributed by atoms with E-state index in [-0.39, 0.29) is 0 Å². The number of likely N-dealkylation sites (tertiary alicyclic amines) is 1. The van der Waals surface area contributed by atoms with Gasteiger partial charge in [-0.25, -0.2) is 0 Å². The molecule has 0 aromatic heterocycles. The van der Waals surface area contributed by atoms with E-state index in [1.165, 1.54) is 71.1 Å². The molecule has 2 aliphatic rings. The van der Waals surface area contributed by atoms with Crippen LogP contribution in [0.2, 0.25) is 0 Å². The first kappa shape index (κ1) is 12.4. The van der Waals surface area contributed by atoms with Crippen LogP contribution >= 0.6 is 0 Å². The molecule has 2 nitrogen and oxygen atoms in total. The van der Waals surface area contributed by atoms with Crippen LogP contribution in [-0.2, 0) is 0 Å². The maximum atomic E-state index is 3.59. The van der Waals surface area contributed by atoms with Gasteiger partial charge in [0.2, 0.25) is 0 Å². The Labute approximate surface area is 101 Å². The zero-order valence-electron chi connectivity index (χ0n) is 10.9. The smallest absolute Gasteiger partial charge is 0.00680 e. The predicted octanol–water partition coefficient (Wildman–Crippen LogP) is 2.64. The maximum absolute atomic E-state index is 3.59. The SMILES string of the molecule is CCCC1CCN(CCCC2CCCN2)C1. The molecule has 0 saturated carbocycles. The Balaban J connectivity index is 1.53. The summed E-state index contributed by atoms with van der Waals surface area (Å²) < 4.78 is 0. The lowest BCUT2D eigenvalue weighted by atomic mass is 10.0. The fraction of sp³-hybridized carbons (Fsp3) is 1.00. The van der Waals surface area contributed by atoms with Crippen LogP contribution in [0.4, 0.5) is 0 Å². The molecule has 0 aromatic rings. The van der Waals surface area contributed by atoms with Crippen LogP contribution < -0.4 is 5.32 Å². The van der Waals surface area contributed by atoms with E-state index in [9.17, 15) is 0 Å². The molecule has 2 atom stereocenters. The van der Waals surface area contributed by atoms with Crippen molar-refractivity contribution in [2.24, 2.45) is 5.92 Å². The zero-order valence-corrected chi connectivity index (χ0v) is 10.9. The summed E-state index contributed by atoms with van der Waals surface area (Å²) in [4.78, 5) is 2.69. The quantitative estimate of drug-likeness (QED) is 0.746. The van der Waals surface area contributed by atoms with Gasteiger partial charge < -0.3 is 10.2 Å². The lowest BCUT2D eigenvalue weighted by molar-refractivity contribution is 0.306. The monoisotopic (exact) mass is 224 g/mol. The molecule has 0 bridgehead atoms. The molecule has 0 aromatic carbocycles. The van der Waals surface area contributed by atoms with Crippen LogP contribution in [0.1, 0.15) is 51.9 Å². The van der Waals surface area contributed by atoms with E-state index in [1.807, 2.05) is 0 Å². The van der Waals surface area contributed by atoms with Crippen molar-refractivity contribution in [1.29, 1.82) is 0 Å². The van der Waals surface area contributed by atoms with Gasteiger partial charge in [-0.3, -0.25) is 0 Å². The Bertz CT molecular complexity index is 187. The van der Waals surface area contributed by atoms with Crippen molar-refractivity contribution in [2.45, 2.75) is 57.9 Å². The zero-order chi connectivity index (χ0) is 11.2. The van der Waals surface area contributed by atoms with Crippen LogP contribution in [-0.4, -0.2) is 37.1 Å². The van der Waals surface area contributed by atoms with Crippen molar-refractivity contribution in [3.8, 4) is 0 Å². The average Bonchev–Trinajstić information content (AvgIpc) is 2.90. The number of nitrogens with zero attached hydrogens (tertiary/aromatic N) is 1. The van der Waals surface area contributed by atoms with Crippen molar-refractivity contribution in [3.63, 3.8) is 0 Å². The summed E-state index contributed by atoms with van der Waals surface area (Å²) in [6.07, 6.45) is 9.87. The van der Waals surface area contributed by atoms with Crippen LogP contribution in [0.15, 0.2) is 0 Å². The molecule has 2 aliphatic heterocycles. The second-order valence-corrected chi connectivity index (χ2v) is 5.68. The molecule has 0 radical (unpaired) electrons. The van der Waals surface area contributed by atoms with Crippen LogP contribution in [0.3, 0.4) is 0 Å². The molecule has 2 fully saturated rings. The predicted molar refractivity (Wildman–Crippen MR) is 69.7 cm³/mol. The molecule has 16 heavy (non-hydrogen) atoms. The highest BCUT2D eigenvalue weighted by molar-refractivity contribution is 4.77. The highest BCUT2D eigenvalue weighted by atomic mass is 15.1. The van der Waals surface area contributed by atoms with Crippen molar-refractivity contribution in [3.05, 3.63) is 0 Å². The molecule has 0 aliphatic carbocycles. The van der Waals surface area contributed by atoms with Gasteiger partial charge in [-0.2, -0.15) is 0 Å². The minimum absolute atomic E-state index is 0.842. The Morgan fingerprint density at radius 3 is 2.94 bits per heavy atom. The van der Waals surface area contributed by atoms with Gasteiger partial charge in [-0.05, 0) is 64.1 Å². The van der Waals surface area contributed by atoms with E-state index in [1.54, 1.807) is 0 Å². The Hall–Kier alpha value is -0.0800. The summed E-state index contributed by atoms with van der Waals surface area (Å²) in [7, 11) is 0. The molecule has 2 heterocycles. The summed E-state index contributed by atoms with van der Waals surface area (Å²) in [6.45, 7) is 7.66. The Morgan fingerprint density at radius 2 is 2.19 bits per heavy atom. The number of hydrogen-bond donors (Lipinski definition) is 1. The lowest BCUT2D eigenvalue weighted by Gasteiger charge is -2.17. The van der Waals surface area contributed by atoms with Crippen molar-refractivity contribution < 1.29 is 0 Å². The lowest BCUT2D eigenvalue weighted by Crippen LogP contribution is -2.25. The molecular formula is C14H28N2. The average molecular weight is 224 g/mol. The first-order chi connectivity index (χ1) is 7.88. The number of hydrogen-bond acceptors (Lipinski definition) is 2. The first-order valence-electron chi connectivity index (χ1n) is 7.34. The second-order valence-electron chi connectivity index (χ2n) is 5.68. The van der Waals surface area contributed by atoms with Crippen molar-refractivity contribution >= 4 is 0 Å². The molecule has 2 rings (SSSR count). The van der Waals surface area contributed by atoms with E-state index in [0.29, 0.717) is 0 Å². The summed E-state index contributed by atoms with van der Waals surface area (Å²) in [5.41, 5.74) is 0. The van der Waals surface area contributed by atoms with Gasteiger partial charge >= 0.3 is 0 Å². The van der Waals surface area contributed by atoms with Crippen molar-refractivity contribution in [1.82, 2.24) is 10.2 Å². The minimum Gasteiger partial charge on any atom is -0.314 e. The van der Waals surface area contributed by atoms with Crippen LogP contribution in [0.5, 0.6) is 0 Å². The third kappa shape index (κ3) is 3.74. The molecule has 94 valence electrons. The first-order valence-corrected chi connectivity index (χ1v) is 7.34. The van der Waals surface area contributed by atoms with Gasteiger partial charge in [0.25, 0.3) is 0 Å². The molecule has 2 saturated heterocycles. The van der Waals surface area contributed by atoms with Gasteiger partial charge in [-0.1, -0.05) is 13.3 Å².